The topological polar surface area (TPSA) is 104 Å². The molecule has 0 spiro atoms. The molecule has 9 nitrogen and oxygen atoms in total. The van der Waals surface area contributed by atoms with Crippen LogP contribution in [0, 0.1) is 24.4 Å². The molecule has 2 aliphatic rings. The minimum Gasteiger partial charge on any atom is -0.507 e. The molecule has 0 radical (unpaired) electrons. The van der Waals surface area contributed by atoms with Gasteiger partial charge in [-0.05, 0) is 42.7 Å². The molecule has 1 saturated heterocycles. The lowest BCUT2D eigenvalue weighted by Gasteiger charge is -2.41. The van der Waals surface area contributed by atoms with Crippen LogP contribution in [-0.4, -0.2) is 62.7 Å². The third kappa shape index (κ3) is 4.31. The Kier molecular flexibility index (Phi) is 6.86. The van der Waals surface area contributed by atoms with Gasteiger partial charge in [-0.1, -0.05) is 26.5 Å². The van der Waals surface area contributed by atoms with E-state index >= 15 is 13.2 Å². The van der Waals surface area contributed by atoms with Crippen molar-refractivity contribution in [3.05, 3.63) is 82.3 Å². The molecule has 222 valence electrons. The average molecular weight is 591 g/mol. The number of amides is 1. The Morgan fingerprint density at radius 2 is 1.93 bits per heavy atom. The number of benzene rings is 2. The molecule has 6 rings (SSSR count). The highest BCUT2D eigenvalue weighted by molar-refractivity contribution is 6.05. The Balaban J connectivity index is 1.76. The van der Waals surface area contributed by atoms with Crippen molar-refractivity contribution in [1.82, 2.24) is 19.4 Å². The summed E-state index contributed by atoms with van der Waals surface area (Å²) in [4.78, 5) is 38.6. The van der Waals surface area contributed by atoms with Gasteiger partial charge < -0.3 is 20.2 Å². The SMILES string of the molecule is C=CC(=O)N1CCN2c3nc(=O)n(-c4c(C)ccnc4C(C)C)c4c(F)c(-c5c(O)cccc5F)c(F)c(c34)NCC2C1. The van der Waals surface area contributed by atoms with Crippen molar-refractivity contribution in [2.45, 2.75) is 32.7 Å². The molecule has 1 atom stereocenters. The summed E-state index contributed by atoms with van der Waals surface area (Å²) >= 11 is 0. The van der Waals surface area contributed by atoms with Crippen molar-refractivity contribution in [2.24, 2.45) is 0 Å². The molecular weight excluding hydrogens is 561 g/mol. The highest BCUT2D eigenvalue weighted by Crippen LogP contribution is 2.46. The van der Waals surface area contributed by atoms with Gasteiger partial charge in [-0.15, -0.1) is 0 Å². The van der Waals surface area contributed by atoms with Crippen molar-refractivity contribution in [3.63, 3.8) is 0 Å². The van der Waals surface area contributed by atoms with Gasteiger partial charge in [0, 0.05) is 32.4 Å². The Morgan fingerprint density at radius 1 is 1.16 bits per heavy atom. The van der Waals surface area contributed by atoms with Gasteiger partial charge in [0.1, 0.15) is 22.9 Å². The number of carbonyl (C=O) groups is 1. The number of phenols is 1. The van der Waals surface area contributed by atoms with Crippen molar-refractivity contribution < 1.29 is 23.1 Å². The fraction of sp³-hybridized carbons (Fsp3) is 0.290. The van der Waals surface area contributed by atoms with E-state index in [1.165, 1.54) is 12.1 Å². The predicted octanol–water partition coefficient (Wildman–Crippen LogP) is 4.63. The van der Waals surface area contributed by atoms with E-state index in [0.29, 0.717) is 11.3 Å². The maximum absolute atomic E-state index is 17.0. The number of piperazine rings is 1. The molecule has 1 unspecified atom stereocenters. The number of nitrogens with zero attached hydrogens (tertiary/aromatic N) is 5. The molecule has 2 aliphatic heterocycles. The minimum absolute atomic E-state index is 0.0156. The summed E-state index contributed by atoms with van der Waals surface area (Å²) in [6, 6.07) is 4.54. The van der Waals surface area contributed by atoms with Crippen molar-refractivity contribution >= 4 is 28.3 Å². The molecule has 1 amide bonds. The first-order valence-corrected chi connectivity index (χ1v) is 13.9. The minimum atomic E-state index is -1.24. The smallest absolute Gasteiger partial charge is 0.354 e. The Morgan fingerprint density at radius 3 is 2.63 bits per heavy atom. The van der Waals surface area contributed by atoms with Gasteiger partial charge in [-0.3, -0.25) is 14.3 Å². The van der Waals surface area contributed by atoms with E-state index in [1.54, 1.807) is 29.0 Å². The van der Waals surface area contributed by atoms with E-state index in [1.807, 2.05) is 13.8 Å². The number of aromatic hydroxyl groups is 1. The van der Waals surface area contributed by atoms with Crippen LogP contribution in [0.1, 0.15) is 31.0 Å². The number of carbonyl (C=O) groups excluding carboxylic acids is 1. The van der Waals surface area contributed by atoms with Crippen LogP contribution in [0.25, 0.3) is 27.7 Å². The van der Waals surface area contributed by atoms with Crippen LogP contribution in [0.4, 0.5) is 24.7 Å². The van der Waals surface area contributed by atoms with Crippen molar-refractivity contribution in [3.8, 4) is 22.6 Å². The summed E-state index contributed by atoms with van der Waals surface area (Å²) in [7, 11) is 0. The number of rotatable bonds is 4. The Hall–Kier alpha value is -4.87. The second-order valence-electron chi connectivity index (χ2n) is 11.0. The van der Waals surface area contributed by atoms with Gasteiger partial charge in [0.25, 0.3) is 0 Å². The summed E-state index contributed by atoms with van der Waals surface area (Å²) in [5.74, 6) is -4.53. The molecule has 4 aromatic rings. The Labute approximate surface area is 244 Å². The largest absolute Gasteiger partial charge is 0.507 e. The monoisotopic (exact) mass is 590 g/mol. The van der Waals surface area contributed by atoms with Crippen molar-refractivity contribution in [2.75, 3.05) is 36.4 Å². The first kappa shape index (κ1) is 28.3. The fourth-order valence-corrected chi connectivity index (χ4v) is 6.10. The van der Waals surface area contributed by atoms with E-state index in [2.05, 4.69) is 21.9 Å². The molecule has 2 aromatic carbocycles. The van der Waals surface area contributed by atoms with E-state index in [4.69, 9.17) is 0 Å². The normalized spacial score (nSPS) is 16.2. The molecule has 0 bridgehead atoms. The van der Waals surface area contributed by atoms with Gasteiger partial charge in [0.15, 0.2) is 11.6 Å². The molecule has 12 heteroatoms. The van der Waals surface area contributed by atoms with E-state index in [9.17, 15) is 14.7 Å². The van der Waals surface area contributed by atoms with E-state index in [0.717, 1.165) is 16.7 Å². The lowest BCUT2D eigenvalue weighted by molar-refractivity contribution is -0.126. The molecule has 2 N–H and O–H groups in total. The van der Waals surface area contributed by atoms with E-state index in [-0.39, 0.29) is 66.1 Å². The highest BCUT2D eigenvalue weighted by atomic mass is 19.1. The number of hydrogen-bond donors (Lipinski definition) is 2. The van der Waals surface area contributed by atoms with Crippen LogP contribution in [-0.2, 0) is 4.79 Å². The molecule has 4 heterocycles. The summed E-state index contributed by atoms with van der Waals surface area (Å²) in [6.45, 7) is 9.84. The highest BCUT2D eigenvalue weighted by Gasteiger charge is 2.38. The van der Waals surface area contributed by atoms with Crippen LogP contribution in [0.5, 0.6) is 5.75 Å². The summed E-state index contributed by atoms with van der Waals surface area (Å²) in [5.41, 5.74) is -1.52. The quantitative estimate of drug-likeness (QED) is 0.334. The van der Waals surface area contributed by atoms with Gasteiger partial charge >= 0.3 is 5.69 Å². The maximum atomic E-state index is 17.0. The zero-order valence-electron chi connectivity index (χ0n) is 23.8. The third-order valence-electron chi connectivity index (χ3n) is 8.12. The molecule has 43 heavy (non-hydrogen) atoms. The maximum Gasteiger partial charge on any atom is 0.354 e. The zero-order valence-corrected chi connectivity index (χ0v) is 23.8. The molecule has 2 aromatic heterocycles. The predicted molar refractivity (Wildman–Crippen MR) is 157 cm³/mol. The number of hydrogen-bond acceptors (Lipinski definition) is 7. The number of fused-ring (bicyclic) bond motifs is 2. The molecule has 0 saturated carbocycles. The first-order chi connectivity index (χ1) is 20.5. The third-order valence-corrected chi connectivity index (χ3v) is 8.12. The lowest BCUT2D eigenvalue weighted by atomic mass is 9.97. The van der Waals surface area contributed by atoms with Crippen LogP contribution in [0.2, 0.25) is 0 Å². The number of aryl methyl sites for hydroxylation is 1. The fourth-order valence-electron chi connectivity index (χ4n) is 6.10. The van der Waals surface area contributed by atoms with Crippen molar-refractivity contribution in [1.29, 1.82) is 0 Å². The molecular formula is C31H29F3N6O3. The summed E-state index contributed by atoms with van der Waals surface area (Å²) in [5, 5.41) is 13.6. The standard InChI is InChI=1S/C31H29F3N6O3/c1-5-20(42)38-11-12-39-17(14-38)13-36-27-23-29(25(34)22(24(27)33)21-18(32)7-6-8-19(21)41)40(31(43)37-30(23)39)28-16(4)9-10-35-26(28)15(2)3/h5-10,15,17,36,41H,1,11-14H2,2-4H3. The van der Waals surface area contributed by atoms with Gasteiger partial charge in [-0.25, -0.2) is 18.0 Å². The van der Waals surface area contributed by atoms with E-state index < -0.39 is 46.1 Å². The molecule has 1 fully saturated rings. The van der Waals surface area contributed by atoms with Crippen LogP contribution in [0.3, 0.4) is 0 Å². The summed E-state index contributed by atoms with van der Waals surface area (Å²) < 4.78 is 49.8. The number of nitrogens with one attached hydrogen (secondary N) is 1. The number of halogens is 3. The van der Waals surface area contributed by atoms with Gasteiger partial charge in [-0.2, -0.15) is 4.98 Å². The average Bonchev–Trinajstić information content (AvgIpc) is 3.13. The second kappa shape index (κ2) is 10.4. The number of aromatic nitrogens is 3. The van der Waals surface area contributed by atoms with Crippen LogP contribution >= 0.6 is 0 Å². The van der Waals surface area contributed by atoms with Crippen LogP contribution < -0.4 is 15.9 Å². The first-order valence-electron chi connectivity index (χ1n) is 13.9. The van der Waals surface area contributed by atoms with Crippen LogP contribution in [0.15, 0.2) is 47.9 Å². The number of pyridine rings is 1. The Bertz CT molecular complexity index is 1870. The second-order valence-corrected chi connectivity index (χ2v) is 11.0. The lowest BCUT2D eigenvalue weighted by Crippen LogP contribution is -2.57. The summed E-state index contributed by atoms with van der Waals surface area (Å²) in [6.07, 6.45) is 2.79. The van der Waals surface area contributed by atoms with Gasteiger partial charge in [0.05, 0.1) is 39.6 Å². The molecule has 0 aliphatic carbocycles. The zero-order chi connectivity index (χ0) is 30.7. The number of phenolic OH excluding ortho intramolecular Hbond substituents is 1. The number of anilines is 2. The van der Waals surface area contributed by atoms with Gasteiger partial charge in [0.2, 0.25) is 5.91 Å².